The Balaban J connectivity index is 3.57. The largest absolute Gasteiger partial charge is 0.389 e. The van der Waals surface area contributed by atoms with E-state index in [-0.39, 0.29) is 24.2 Å². The first kappa shape index (κ1) is 34.9. The van der Waals surface area contributed by atoms with Crippen molar-refractivity contribution in [2.45, 2.75) is 155 Å². The van der Waals surface area contributed by atoms with Crippen LogP contribution in [0.1, 0.15) is 149 Å². The molecule has 0 aliphatic heterocycles. The van der Waals surface area contributed by atoms with Crippen LogP contribution >= 0.6 is 0 Å². The average Bonchev–Trinajstić information content (AvgIpc) is 2.84. The number of hydrogen-bond donors (Lipinski definition) is 2. The lowest BCUT2D eigenvalue weighted by Crippen LogP contribution is -2.32. The summed E-state index contributed by atoms with van der Waals surface area (Å²) in [6.45, 7) is 4.34. The van der Waals surface area contributed by atoms with Gasteiger partial charge in [-0.05, 0) is 51.4 Å². The Morgan fingerprint density at radius 2 is 1.19 bits per heavy atom. The van der Waals surface area contributed by atoms with Crippen molar-refractivity contribution in [3.63, 3.8) is 0 Å². The number of unbranched alkanes of at least 4 members (excludes halogenated alkanes) is 15. The van der Waals surface area contributed by atoms with Crippen molar-refractivity contribution in [3.05, 3.63) is 24.3 Å². The summed E-state index contributed by atoms with van der Waals surface area (Å²) >= 11 is 0. The monoisotopic (exact) mass is 527 g/mol. The van der Waals surface area contributed by atoms with Gasteiger partial charge in [0.25, 0.3) is 0 Å². The zero-order chi connectivity index (χ0) is 26.7. The second-order valence-corrected chi connectivity index (χ2v) is 12.0. The highest BCUT2D eigenvalue weighted by atomic mass is 32.2. The van der Waals surface area contributed by atoms with E-state index in [1.54, 1.807) is 0 Å². The molecule has 0 aliphatic carbocycles. The van der Waals surface area contributed by atoms with Crippen molar-refractivity contribution in [2.24, 2.45) is 0 Å². The second kappa shape index (κ2) is 25.5. The van der Waals surface area contributed by atoms with Gasteiger partial charge in [-0.2, -0.15) is 0 Å². The first-order valence-corrected chi connectivity index (χ1v) is 16.6. The predicted molar refractivity (Wildman–Crippen MR) is 155 cm³/mol. The van der Waals surface area contributed by atoms with E-state index in [1.165, 1.54) is 64.2 Å². The summed E-state index contributed by atoms with van der Waals surface area (Å²) in [5, 5.41) is 9.76. The minimum absolute atomic E-state index is 0.0481. The highest BCUT2D eigenvalue weighted by Crippen LogP contribution is 2.11. The number of aliphatic hydroxyl groups is 1. The van der Waals surface area contributed by atoms with Crippen molar-refractivity contribution < 1.29 is 18.3 Å². The maximum Gasteiger partial charge on any atom is 0.234 e. The van der Waals surface area contributed by atoms with E-state index >= 15 is 0 Å². The Kier molecular flexibility index (Phi) is 24.7. The minimum atomic E-state index is -3.49. The first-order valence-electron chi connectivity index (χ1n) is 14.9. The van der Waals surface area contributed by atoms with Crippen LogP contribution in [0.4, 0.5) is 0 Å². The van der Waals surface area contributed by atoms with Crippen molar-refractivity contribution in [3.8, 4) is 0 Å². The molecule has 0 saturated heterocycles. The number of carbonyl (C=O) groups excluding carboxylic acids is 1. The lowest BCUT2D eigenvalue weighted by molar-refractivity contribution is -0.119. The fourth-order valence-corrected chi connectivity index (χ4v) is 5.27. The van der Waals surface area contributed by atoms with Gasteiger partial charge in [0, 0.05) is 6.42 Å². The van der Waals surface area contributed by atoms with Crippen LogP contribution in [0.2, 0.25) is 0 Å². The summed E-state index contributed by atoms with van der Waals surface area (Å²) in [4.78, 5) is 11.9. The highest BCUT2D eigenvalue weighted by molar-refractivity contribution is 7.90. The normalized spacial score (nSPS) is 13.1. The molecule has 0 spiro atoms. The summed E-state index contributed by atoms with van der Waals surface area (Å²) in [6.07, 6.45) is 29.9. The Bertz CT molecular complexity index is 658. The Morgan fingerprint density at radius 3 is 1.81 bits per heavy atom. The van der Waals surface area contributed by atoms with E-state index < -0.39 is 10.0 Å². The molecule has 36 heavy (non-hydrogen) atoms. The number of nitrogens with one attached hydrogen (secondary N) is 1. The summed E-state index contributed by atoms with van der Waals surface area (Å²) < 4.78 is 26.3. The quantitative estimate of drug-likeness (QED) is 0.0878. The predicted octanol–water partition coefficient (Wildman–Crippen LogP) is 8.14. The van der Waals surface area contributed by atoms with E-state index in [2.05, 4.69) is 36.8 Å². The van der Waals surface area contributed by atoms with Crippen LogP contribution in [0.15, 0.2) is 24.3 Å². The molecule has 2 N–H and O–H groups in total. The Hall–Kier alpha value is -1.14. The van der Waals surface area contributed by atoms with Gasteiger partial charge in [-0.25, -0.2) is 8.42 Å². The van der Waals surface area contributed by atoms with Crippen molar-refractivity contribution in [1.82, 2.24) is 4.72 Å². The molecule has 1 amide bonds. The molecule has 0 heterocycles. The van der Waals surface area contributed by atoms with Crippen LogP contribution in [0.25, 0.3) is 0 Å². The Morgan fingerprint density at radius 1 is 0.694 bits per heavy atom. The maximum atomic E-state index is 12.1. The number of sulfonamides is 1. The first-order chi connectivity index (χ1) is 17.4. The molecule has 0 saturated carbocycles. The van der Waals surface area contributed by atoms with Gasteiger partial charge in [-0.1, -0.05) is 115 Å². The topological polar surface area (TPSA) is 83.5 Å². The molecule has 0 aromatic rings. The zero-order valence-corrected chi connectivity index (χ0v) is 24.3. The van der Waals surface area contributed by atoms with Gasteiger partial charge in [-0.3, -0.25) is 9.52 Å². The molecule has 0 bridgehead atoms. The smallest absolute Gasteiger partial charge is 0.234 e. The van der Waals surface area contributed by atoms with Crippen LogP contribution in [0, 0.1) is 0 Å². The fraction of sp³-hybridized carbons (Fsp3) is 0.833. The number of allylic oxidation sites excluding steroid dienone is 3. The second-order valence-electron chi connectivity index (χ2n) is 10.2. The van der Waals surface area contributed by atoms with Gasteiger partial charge in [0.05, 0.1) is 11.9 Å². The third-order valence-corrected chi connectivity index (χ3v) is 7.80. The molecule has 0 aromatic carbocycles. The van der Waals surface area contributed by atoms with Gasteiger partial charge < -0.3 is 5.11 Å². The van der Waals surface area contributed by atoms with Gasteiger partial charge >= 0.3 is 0 Å². The lowest BCUT2D eigenvalue weighted by Gasteiger charge is -2.06. The molecule has 212 valence electrons. The van der Waals surface area contributed by atoms with Crippen molar-refractivity contribution >= 4 is 15.9 Å². The van der Waals surface area contributed by atoms with Crippen LogP contribution in [0.3, 0.4) is 0 Å². The molecule has 5 nitrogen and oxygen atoms in total. The summed E-state index contributed by atoms with van der Waals surface area (Å²) in [5.41, 5.74) is 0. The highest BCUT2D eigenvalue weighted by Gasteiger charge is 2.13. The SMILES string of the molecule is CCCCCCCCCCS(=O)(=O)NC(=O)CCCC=CCCCCCCCC=C[C@H](O)CCCC. The molecule has 0 unspecified atom stereocenters. The van der Waals surface area contributed by atoms with Gasteiger partial charge in [0.1, 0.15) is 0 Å². The summed E-state index contributed by atoms with van der Waals surface area (Å²) in [6, 6.07) is 0. The molecule has 0 radical (unpaired) electrons. The maximum absolute atomic E-state index is 12.1. The zero-order valence-electron chi connectivity index (χ0n) is 23.5. The number of rotatable bonds is 26. The molecular weight excluding hydrogens is 470 g/mol. The van der Waals surface area contributed by atoms with E-state index in [0.29, 0.717) is 12.8 Å². The Labute approximate surface area is 223 Å². The summed E-state index contributed by atoms with van der Waals surface area (Å²) in [7, 11) is -3.49. The van der Waals surface area contributed by atoms with Crippen LogP contribution in [-0.4, -0.2) is 31.3 Å². The molecule has 0 rings (SSSR count). The number of carbonyl (C=O) groups is 1. The van der Waals surface area contributed by atoms with Crippen LogP contribution in [0.5, 0.6) is 0 Å². The number of aliphatic hydroxyl groups excluding tert-OH is 1. The third kappa shape index (κ3) is 25.9. The van der Waals surface area contributed by atoms with Crippen LogP contribution in [-0.2, 0) is 14.8 Å². The standard InChI is InChI=1S/C30H57NO4S/c1-3-5-7-8-9-18-21-24-28-36(34,35)31-30(33)27-23-20-17-15-13-11-10-12-14-16-19-22-26-29(32)25-6-4-2/h15,17,22,26,29,32H,3-14,16,18-21,23-25,27-28H2,1-2H3,(H,31,33)/t29-/m1/s1. The van der Waals surface area contributed by atoms with E-state index in [9.17, 15) is 18.3 Å². The summed E-state index contributed by atoms with van der Waals surface area (Å²) in [5.74, 6) is -0.333. The molecule has 0 aromatic heterocycles. The van der Waals surface area contributed by atoms with Crippen LogP contribution < -0.4 is 4.72 Å². The number of amides is 1. The van der Waals surface area contributed by atoms with Gasteiger partial charge in [0.15, 0.2) is 0 Å². The van der Waals surface area contributed by atoms with Crippen molar-refractivity contribution in [1.29, 1.82) is 0 Å². The molecule has 6 heteroatoms. The van der Waals surface area contributed by atoms with Gasteiger partial charge in [-0.15, -0.1) is 0 Å². The molecule has 1 atom stereocenters. The third-order valence-electron chi connectivity index (χ3n) is 6.43. The molecule has 0 fully saturated rings. The number of hydrogen-bond acceptors (Lipinski definition) is 4. The average molecular weight is 528 g/mol. The molecular formula is C30H57NO4S. The minimum Gasteiger partial charge on any atom is -0.389 e. The van der Waals surface area contributed by atoms with Crippen molar-refractivity contribution in [2.75, 3.05) is 5.75 Å². The van der Waals surface area contributed by atoms with E-state index in [0.717, 1.165) is 51.4 Å². The van der Waals surface area contributed by atoms with Gasteiger partial charge in [0.2, 0.25) is 15.9 Å². The molecule has 0 aliphatic rings. The van der Waals surface area contributed by atoms with E-state index in [4.69, 9.17) is 0 Å². The lowest BCUT2D eigenvalue weighted by atomic mass is 10.1. The fourth-order valence-electron chi connectivity index (χ4n) is 4.14. The van der Waals surface area contributed by atoms with E-state index in [1.807, 2.05) is 6.08 Å².